The number of amides is 1. The van der Waals surface area contributed by atoms with E-state index < -0.39 is 17.9 Å². The Morgan fingerprint density at radius 2 is 2.05 bits per heavy atom. The third-order valence-corrected chi connectivity index (χ3v) is 2.43. The average molecular weight is 267 g/mol. The summed E-state index contributed by atoms with van der Waals surface area (Å²) in [7, 11) is 0. The van der Waals surface area contributed by atoms with Gasteiger partial charge in [-0.05, 0) is 18.1 Å². The largest absolute Gasteiger partial charge is 0.491 e. The number of aliphatic hydroxyl groups is 1. The average Bonchev–Trinajstić information content (AvgIpc) is 2.35. The van der Waals surface area contributed by atoms with Crippen LogP contribution < -0.4 is 10.1 Å². The van der Waals surface area contributed by atoms with Crippen molar-refractivity contribution in [2.45, 2.75) is 19.4 Å². The van der Waals surface area contributed by atoms with Gasteiger partial charge in [0.15, 0.2) is 6.04 Å². The number of rotatable bonds is 7. The number of aliphatic carboxylic acids is 1. The van der Waals surface area contributed by atoms with Crippen LogP contribution in [0.3, 0.4) is 0 Å². The maximum absolute atomic E-state index is 10.9. The zero-order chi connectivity index (χ0) is 14.3. The molecule has 104 valence electrons. The maximum atomic E-state index is 10.9. The predicted octanol–water partition coefficient (Wildman–Crippen LogP) is 0.189. The van der Waals surface area contributed by atoms with Crippen LogP contribution in [0.15, 0.2) is 24.3 Å². The fraction of sp³-hybridized carbons (Fsp3) is 0.385. The van der Waals surface area contributed by atoms with Crippen molar-refractivity contribution in [2.24, 2.45) is 0 Å². The molecule has 0 aliphatic rings. The zero-order valence-corrected chi connectivity index (χ0v) is 10.6. The van der Waals surface area contributed by atoms with E-state index in [1.54, 1.807) is 24.3 Å². The molecule has 0 bridgehead atoms. The summed E-state index contributed by atoms with van der Waals surface area (Å²) in [4.78, 5) is 21.8. The lowest BCUT2D eigenvalue weighted by atomic mass is 10.1. The van der Waals surface area contributed by atoms with Gasteiger partial charge < -0.3 is 20.3 Å². The molecule has 1 amide bonds. The summed E-state index contributed by atoms with van der Waals surface area (Å²) in [5.41, 5.74) is 0.789. The summed E-state index contributed by atoms with van der Waals surface area (Å²) in [6, 6.07) is 5.95. The first kappa shape index (κ1) is 15.0. The number of benzene rings is 1. The highest BCUT2D eigenvalue weighted by Gasteiger charge is 2.19. The van der Waals surface area contributed by atoms with Crippen LogP contribution in [0.5, 0.6) is 5.75 Å². The van der Waals surface area contributed by atoms with Crippen LogP contribution in [0.2, 0.25) is 0 Å². The van der Waals surface area contributed by atoms with E-state index in [9.17, 15) is 9.59 Å². The number of ether oxygens (including phenoxy) is 1. The molecule has 1 atom stereocenters. The summed E-state index contributed by atoms with van der Waals surface area (Å²) in [6.07, 6.45) is 0.425. The minimum absolute atomic E-state index is 0.0194. The van der Waals surface area contributed by atoms with Gasteiger partial charge in [-0.2, -0.15) is 0 Å². The Labute approximate surface area is 111 Å². The van der Waals surface area contributed by atoms with E-state index in [0.29, 0.717) is 12.2 Å². The summed E-state index contributed by atoms with van der Waals surface area (Å²) in [5, 5.41) is 20.1. The normalized spacial score (nSPS) is 11.7. The Kier molecular flexibility index (Phi) is 5.81. The Hall–Kier alpha value is -2.08. The number of hydrogen-bond acceptors (Lipinski definition) is 4. The summed E-state index contributed by atoms with van der Waals surface area (Å²) in [5.74, 6) is -1.08. The summed E-state index contributed by atoms with van der Waals surface area (Å²) in [6.45, 7) is 1.06. The van der Waals surface area contributed by atoms with Gasteiger partial charge in [-0.3, -0.25) is 4.79 Å². The first-order valence-corrected chi connectivity index (χ1v) is 5.86. The van der Waals surface area contributed by atoms with E-state index in [1.807, 2.05) is 0 Å². The van der Waals surface area contributed by atoms with Crippen molar-refractivity contribution in [1.82, 2.24) is 5.32 Å². The van der Waals surface area contributed by atoms with Gasteiger partial charge in [-0.15, -0.1) is 0 Å². The van der Waals surface area contributed by atoms with Crippen LogP contribution in [0.25, 0.3) is 0 Å². The van der Waals surface area contributed by atoms with Crippen LogP contribution in [0.1, 0.15) is 12.5 Å². The maximum Gasteiger partial charge on any atom is 0.329 e. The molecule has 1 rings (SSSR count). The molecule has 1 aromatic rings. The fourth-order valence-corrected chi connectivity index (χ4v) is 1.56. The van der Waals surface area contributed by atoms with Gasteiger partial charge in [0.1, 0.15) is 12.4 Å². The number of carboxylic acids is 1. The number of aliphatic hydroxyl groups excluding tert-OH is 1. The quantitative estimate of drug-likeness (QED) is 0.655. The van der Waals surface area contributed by atoms with Gasteiger partial charge in [0.2, 0.25) is 5.91 Å². The molecule has 1 aromatic carbocycles. The van der Waals surface area contributed by atoms with Crippen molar-refractivity contribution in [1.29, 1.82) is 0 Å². The smallest absolute Gasteiger partial charge is 0.329 e. The Morgan fingerprint density at radius 3 is 2.63 bits per heavy atom. The van der Waals surface area contributed by atoms with Crippen LogP contribution >= 0.6 is 0 Å². The topological polar surface area (TPSA) is 95.9 Å². The van der Waals surface area contributed by atoms with Crippen molar-refractivity contribution in [3.63, 3.8) is 0 Å². The molecule has 3 N–H and O–H groups in total. The first-order chi connectivity index (χ1) is 9.04. The summed E-state index contributed by atoms with van der Waals surface area (Å²) < 4.78 is 5.41. The lowest BCUT2D eigenvalue weighted by Crippen LogP contribution is -2.43. The number of carbonyl (C=O) groups excluding carboxylic acids is 1. The third kappa shape index (κ3) is 4.97. The standard InChI is InChI=1S/C13H17NO5/c1-9(16)14-11(13(17)18)8-19-12-5-3-2-4-10(12)6-7-15/h2-5,11,15H,6-8H2,1H3,(H,14,16)(H,17,18). The summed E-state index contributed by atoms with van der Waals surface area (Å²) >= 11 is 0. The molecule has 0 aliphatic heterocycles. The van der Waals surface area contributed by atoms with Gasteiger partial charge in [-0.1, -0.05) is 18.2 Å². The molecule has 0 aliphatic carbocycles. The molecule has 6 nitrogen and oxygen atoms in total. The van der Waals surface area contributed by atoms with E-state index in [0.717, 1.165) is 5.56 Å². The van der Waals surface area contributed by atoms with Crippen molar-refractivity contribution >= 4 is 11.9 Å². The minimum Gasteiger partial charge on any atom is -0.491 e. The second-order valence-corrected chi connectivity index (χ2v) is 3.98. The van der Waals surface area contributed by atoms with Gasteiger partial charge in [0.25, 0.3) is 0 Å². The Bertz CT molecular complexity index is 446. The number of hydrogen-bond donors (Lipinski definition) is 3. The van der Waals surface area contributed by atoms with Crippen molar-refractivity contribution in [3.8, 4) is 5.75 Å². The molecular formula is C13H17NO5. The van der Waals surface area contributed by atoms with Gasteiger partial charge in [0.05, 0.1) is 0 Å². The van der Waals surface area contributed by atoms with E-state index in [-0.39, 0.29) is 13.2 Å². The van der Waals surface area contributed by atoms with E-state index >= 15 is 0 Å². The monoisotopic (exact) mass is 267 g/mol. The van der Waals surface area contributed by atoms with Gasteiger partial charge >= 0.3 is 5.97 Å². The number of para-hydroxylation sites is 1. The molecule has 0 fully saturated rings. The van der Waals surface area contributed by atoms with Crippen molar-refractivity contribution in [3.05, 3.63) is 29.8 Å². The van der Waals surface area contributed by atoms with E-state index in [2.05, 4.69) is 5.32 Å². The lowest BCUT2D eigenvalue weighted by Gasteiger charge is -2.16. The number of carbonyl (C=O) groups is 2. The highest BCUT2D eigenvalue weighted by molar-refractivity contribution is 5.82. The second-order valence-electron chi connectivity index (χ2n) is 3.98. The Morgan fingerprint density at radius 1 is 1.37 bits per heavy atom. The molecule has 1 unspecified atom stereocenters. The molecule has 0 saturated heterocycles. The van der Waals surface area contributed by atoms with E-state index in [4.69, 9.17) is 14.9 Å². The molecular weight excluding hydrogens is 250 g/mol. The van der Waals surface area contributed by atoms with Gasteiger partial charge in [0, 0.05) is 13.5 Å². The highest BCUT2D eigenvalue weighted by Crippen LogP contribution is 2.18. The first-order valence-electron chi connectivity index (χ1n) is 5.86. The van der Waals surface area contributed by atoms with Crippen molar-refractivity contribution < 1.29 is 24.5 Å². The van der Waals surface area contributed by atoms with Crippen LogP contribution in [0, 0.1) is 0 Å². The molecule has 0 spiro atoms. The fourth-order valence-electron chi connectivity index (χ4n) is 1.56. The molecule has 19 heavy (non-hydrogen) atoms. The highest BCUT2D eigenvalue weighted by atomic mass is 16.5. The molecule has 0 radical (unpaired) electrons. The van der Waals surface area contributed by atoms with Crippen LogP contribution in [0.4, 0.5) is 0 Å². The third-order valence-electron chi connectivity index (χ3n) is 2.43. The number of nitrogens with one attached hydrogen (secondary N) is 1. The molecule has 6 heteroatoms. The minimum atomic E-state index is -1.16. The Balaban J connectivity index is 2.68. The molecule has 0 saturated carbocycles. The lowest BCUT2D eigenvalue weighted by molar-refractivity contribution is -0.142. The van der Waals surface area contributed by atoms with E-state index in [1.165, 1.54) is 6.92 Å². The van der Waals surface area contributed by atoms with Crippen molar-refractivity contribution in [2.75, 3.05) is 13.2 Å². The zero-order valence-electron chi connectivity index (χ0n) is 10.6. The van der Waals surface area contributed by atoms with Crippen LogP contribution in [-0.4, -0.2) is 41.3 Å². The second kappa shape index (κ2) is 7.38. The van der Waals surface area contributed by atoms with Gasteiger partial charge in [-0.25, -0.2) is 4.79 Å². The molecule has 0 heterocycles. The SMILES string of the molecule is CC(=O)NC(COc1ccccc1CCO)C(=O)O. The molecule has 0 aromatic heterocycles. The number of carboxylic acid groups (broad SMARTS) is 1. The van der Waals surface area contributed by atoms with Crippen LogP contribution in [-0.2, 0) is 16.0 Å². The predicted molar refractivity (Wildman–Crippen MR) is 68.0 cm³/mol.